The van der Waals surface area contributed by atoms with Gasteiger partial charge in [0.1, 0.15) is 6.04 Å². The number of nitrogens with one attached hydrogen (secondary N) is 1. The standard InChI is InChI=1S/C8H15N3O2/c1-10(2)5-4-6-7(12)9-8(13)11(6)3/h6H,4-5H2,1-3H3,(H,9,12,13). The van der Waals surface area contributed by atoms with Crippen LogP contribution in [-0.4, -0.2) is 55.5 Å². The van der Waals surface area contributed by atoms with Gasteiger partial charge in [-0.1, -0.05) is 0 Å². The fraction of sp³-hybridized carbons (Fsp3) is 0.750. The molecule has 0 aliphatic carbocycles. The quantitative estimate of drug-likeness (QED) is 0.602. The van der Waals surface area contributed by atoms with Crippen LogP contribution in [0, 0.1) is 0 Å². The molecule has 1 unspecified atom stereocenters. The van der Waals surface area contributed by atoms with Crippen molar-refractivity contribution in [3.05, 3.63) is 0 Å². The third-order valence-corrected chi connectivity index (χ3v) is 2.17. The summed E-state index contributed by atoms with van der Waals surface area (Å²) in [6.45, 7) is 0.801. The maximum atomic E-state index is 11.2. The molecule has 0 saturated carbocycles. The first-order chi connectivity index (χ1) is 6.02. The van der Waals surface area contributed by atoms with Crippen molar-refractivity contribution in [1.29, 1.82) is 0 Å². The minimum Gasteiger partial charge on any atom is -0.315 e. The summed E-state index contributed by atoms with van der Waals surface area (Å²) in [4.78, 5) is 25.7. The highest BCUT2D eigenvalue weighted by molar-refractivity contribution is 6.03. The lowest BCUT2D eigenvalue weighted by atomic mass is 10.2. The molecule has 1 aliphatic rings. The van der Waals surface area contributed by atoms with Crippen LogP contribution in [0.2, 0.25) is 0 Å². The van der Waals surface area contributed by atoms with Gasteiger partial charge in [0.15, 0.2) is 0 Å². The summed E-state index contributed by atoms with van der Waals surface area (Å²) >= 11 is 0. The summed E-state index contributed by atoms with van der Waals surface area (Å²) in [5.74, 6) is -0.186. The maximum absolute atomic E-state index is 11.2. The minimum absolute atomic E-state index is 0.186. The Morgan fingerprint density at radius 1 is 1.46 bits per heavy atom. The predicted octanol–water partition coefficient (Wildman–Crippen LogP) is -0.512. The number of amides is 3. The number of likely N-dealkylation sites (N-methyl/N-ethyl adjacent to an activating group) is 1. The van der Waals surface area contributed by atoms with Crippen molar-refractivity contribution in [2.24, 2.45) is 0 Å². The highest BCUT2D eigenvalue weighted by Crippen LogP contribution is 2.09. The first-order valence-corrected chi connectivity index (χ1v) is 4.24. The molecule has 5 nitrogen and oxygen atoms in total. The number of carbonyl (C=O) groups is 2. The number of imide groups is 1. The van der Waals surface area contributed by atoms with Crippen molar-refractivity contribution >= 4 is 11.9 Å². The van der Waals surface area contributed by atoms with Gasteiger partial charge in [0.2, 0.25) is 0 Å². The van der Waals surface area contributed by atoms with E-state index < -0.39 is 0 Å². The Morgan fingerprint density at radius 3 is 2.46 bits per heavy atom. The number of carbonyl (C=O) groups excluding carboxylic acids is 2. The third kappa shape index (κ3) is 2.18. The van der Waals surface area contributed by atoms with E-state index in [1.807, 2.05) is 19.0 Å². The summed E-state index contributed by atoms with van der Waals surface area (Å²) in [5.41, 5.74) is 0. The Labute approximate surface area is 77.7 Å². The molecule has 1 rings (SSSR count). The molecule has 3 amide bonds. The summed E-state index contributed by atoms with van der Waals surface area (Å²) in [6.07, 6.45) is 0.682. The molecule has 74 valence electrons. The molecule has 1 fully saturated rings. The summed E-state index contributed by atoms with van der Waals surface area (Å²) in [6, 6.07) is -0.594. The van der Waals surface area contributed by atoms with E-state index in [4.69, 9.17) is 0 Å². The monoisotopic (exact) mass is 185 g/mol. The smallest absolute Gasteiger partial charge is 0.315 e. The first-order valence-electron chi connectivity index (χ1n) is 4.24. The van der Waals surface area contributed by atoms with E-state index in [2.05, 4.69) is 5.32 Å². The highest BCUT2D eigenvalue weighted by Gasteiger charge is 2.34. The zero-order valence-corrected chi connectivity index (χ0v) is 8.20. The van der Waals surface area contributed by atoms with Crippen LogP contribution in [0.15, 0.2) is 0 Å². The van der Waals surface area contributed by atoms with Crippen molar-refractivity contribution in [3.63, 3.8) is 0 Å². The summed E-state index contributed by atoms with van der Waals surface area (Å²) < 4.78 is 0. The molecule has 1 heterocycles. The lowest BCUT2D eigenvalue weighted by Crippen LogP contribution is -2.34. The largest absolute Gasteiger partial charge is 0.324 e. The fourth-order valence-electron chi connectivity index (χ4n) is 1.30. The lowest BCUT2D eigenvalue weighted by molar-refractivity contribution is -0.121. The summed E-state index contributed by atoms with van der Waals surface area (Å²) in [5, 5.41) is 2.27. The zero-order valence-electron chi connectivity index (χ0n) is 8.20. The molecule has 0 bridgehead atoms. The van der Waals surface area contributed by atoms with Crippen LogP contribution in [0.25, 0.3) is 0 Å². The van der Waals surface area contributed by atoms with Gasteiger partial charge in [-0.15, -0.1) is 0 Å². The first kappa shape index (κ1) is 9.98. The Balaban J connectivity index is 2.49. The third-order valence-electron chi connectivity index (χ3n) is 2.17. The van der Waals surface area contributed by atoms with Crippen molar-refractivity contribution in [3.8, 4) is 0 Å². The molecule has 0 aromatic heterocycles. The minimum atomic E-state index is -0.297. The molecule has 0 aromatic rings. The van der Waals surface area contributed by atoms with Gasteiger partial charge in [-0.05, 0) is 27.1 Å². The van der Waals surface area contributed by atoms with Crippen LogP contribution in [-0.2, 0) is 4.79 Å². The van der Waals surface area contributed by atoms with Gasteiger partial charge in [0.05, 0.1) is 0 Å². The SMILES string of the molecule is CN(C)CCC1C(=O)NC(=O)N1C. The molecule has 1 aliphatic heterocycles. The molecule has 0 spiro atoms. The van der Waals surface area contributed by atoms with Gasteiger partial charge in [0, 0.05) is 7.05 Å². The average Bonchev–Trinajstić information content (AvgIpc) is 2.24. The molecule has 13 heavy (non-hydrogen) atoms. The molecule has 1 N–H and O–H groups in total. The van der Waals surface area contributed by atoms with Crippen molar-refractivity contribution < 1.29 is 9.59 Å². The molecule has 0 aromatic carbocycles. The van der Waals surface area contributed by atoms with E-state index in [-0.39, 0.29) is 18.0 Å². The van der Waals surface area contributed by atoms with Crippen molar-refractivity contribution in [1.82, 2.24) is 15.1 Å². The predicted molar refractivity (Wildman–Crippen MR) is 48.3 cm³/mol. The number of hydrogen-bond donors (Lipinski definition) is 1. The average molecular weight is 185 g/mol. The van der Waals surface area contributed by atoms with Crippen LogP contribution >= 0.6 is 0 Å². The second kappa shape index (κ2) is 3.74. The van der Waals surface area contributed by atoms with Gasteiger partial charge in [0.25, 0.3) is 5.91 Å². The summed E-state index contributed by atoms with van der Waals surface area (Å²) in [7, 11) is 5.52. The lowest BCUT2D eigenvalue weighted by Gasteiger charge is -2.18. The molecular weight excluding hydrogens is 170 g/mol. The normalized spacial score (nSPS) is 22.8. The van der Waals surface area contributed by atoms with Gasteiger partial charge >= 0.3 is 6.03 Å². The number of hydrogen-bond acceptors (Lipinski definition) is 3. The number of urea groups is 1. The van der Waals surface area contributed by atoms with Crippen LogP contribution in [0.3, 0.4) is 0 Å². The van der Waals surface area contributed by atoms with Crippen LogP contribution < -0.4 is 5.32 Å². The Hall–Kier alpha value is -1.10. The van der Waals surface area contributed by atoms with E-state index in [0.717, 1.165) is 6.54 Å². The van der Waals surface area contributed by atoms with Gasteiger partial charge < -0.3 is 9.80 Å². The van der Waals surface area contributed by atoms with Crippen molar-refractivity contribution in [2.45, 2.75) is 12.5 Å². The molecular formula is C8H15N3O2. The highest BCUT2D eigenvalue weighted by atomic mass is 16.2. The van der Waals surface area contributed by atoms with Crippen LogP contribution in [0.1, 0.15) is 6.42 Å². The Kier molecular flexibility index (Phi) is 2.87. The Morgan fingerprint density at radius 2 is 2.08 bits per heavy atom. The van der Waals surface area contributed by atoms with E-state index in [1.165, 1.54) is 4.90 Å². The van der Waals surface area contributed by atoms with Gasteiger partial charge in [-0.2, -0.15) is 0 Å². The van der Waals surface area contributed by atoms with Gasteiger partial charge in [-0.3, -0.25) is 10.1 Å². The van der Waals surface area contributed by atoms with Gasteiger partial charge in [-0.25, -0.2) is 4.79 Å². The maximum Gasteiger partial charge on any atom is 0.324 e. The molecule has 0 radical (unpaired) electrons. The topological polar surface area (TPSA) is 52.7 Å². The number of rotatable bonds is 3. The fourth-order valence-corrected chi connectivity index (χ4v) is 1.30. The Bertz CT molecular complexity index is 227. The van der Waals surface area contributed by atoms with Crippen molar-refractivity contribution in [2.75, 3.05) is 27.7 Å². The molecule has 5 heteroatoms. The van der Waals surface area contributed by atoms with E-state index in [1.54, 1.807) is 7.05 Å². The molecule has 1 atom stereocenters. The van der Waals surface area contributed by atoms with E-state index in [0.29, 0.717) is 6.42 Å². The van der Waals surface area contributed by atoms with E-state index >= 15 is 0 Å². The second-order valence-electron chi connectivity index (χ2n) is 3.51. The number of nitrogens with zero attached hydrogens (tertiary/aromatic N) is 2. The zero-order chi connectivity index (χ0) is 10.0. The van der Waals surface area contributed by atoms with Crippen LogP contribution in [0.5, 0.6) is 0 Å². The molecule has 1 saturated heterocycles. The van der Waals surface area contributed by atoms with E-state index in [9.17, 15) is 9.59 Å². The second-order valence-corrected chi connectivity index (χ2v) is 3.51. The van der Waals surface area contributed by atoms with Crippen LogP contribution in [0.4, 0.5) is 4.79 Å².